The van der Waals surface area contributed by atoms with Crippen LogP contribution in [0, 0.1) is 13.8 Å². The normalized spacial score (nSPS) is 17.8. The number of carbonyl (C=O) groups excluding carboxylic acids is 1. The molecule has 3 heterocycles. The van der Waals surface area contributed by atoms with Crippen LogP contribution < -0.4 is 0 Å². The van der Waals surface area contributed by atoms with Crippen molar-refractivity contribution in [3.8, 4) is 0 Å². The lowest BCUT2D eigenvalue weighted by Gasteiger charge is -2.32. The maximum absolute atomic E-state index is 12.7. The maximum Gasteiger partial charge on any atom is 0.223 e. The maximum atomic E-state index is 12.7. The number of hydrogen-bond donors (Lipinski definition) is 2. The molecule has 6 heteroatoms. The van der Waals surface area contributed by atoms with Gasteiger partial charge in [-0.05, 0) is 56.0 Å². The average Bonchev–Trinajstić information content (AvgIpc) is 3.30. The smallest absolute Gasteiger partial charge is 0.223 e. The van der Waals surface area contributed by atoms with Crippen LogP contribution >= 0.6 is 0 Å². The molecule has 0 saturated carbocycles. The van der Waals surface area contributed by atoms with Crippen molar-refractivity contribution in [1.29, 1.82) is 0 Å². The van der Waals surface area contributed by atoms with E-state index in [0.717, 1.165) is 48.5 Å². The van der Waals surface area contributed by atoms with Gasteiger partial charge < -0.3 is 9.88 Å². The lowest BCUT2D eigenvalue weighted by molar-refractivity contribution is -0.132. The van der Waals surface area contributed by atoms with Gasteiger partial charge in [0.15, 0.2) is 0 Å². The Balaban J connectivity index is 1.39. The number of hydrogen-bond acceptors (Lipinski definition) is 3. The van der Waals surface area contributed by atoms with E-state index in [0.29, 0.717) is 18.8 Å². The Kier molecular flexibility index (Phi) is 4.49. The van der Waals surface area contributed by atoms with Crippen molar-refractivity contribution in [3.05, 3.63) is 47.0 Å². The molecular weight excluding hydrogens is 326 g/mol. The number of aromatic amines is 2. The van der Waals surface area contributed by atoms with E-state index in [-0.39, 0.29) is 5.91 Å². The van der Waals surface area contributed by atoms with Crippen molar-refractivity contribution in [1.82, 2.24) is 25.1 Å². The third-order valence-electron chi connectivity index (χ3n) is 5.46. The summed E-state index contributed by atoms with van der Waals surface area (Å²) in [5.41, 5.74) is 5.65. The van der Waals surface area contributed by atoms with E-state index in [1.54, 1.807) is 6.20 Å². The third kappa shape index (κ3) is 3.36. The second kappa shape index (κ2) is 6.94. The molecule has 1 aliphatic heterocycles. The number of imidazole rings is 1. The van der Waals surface area contributed by atoms with Crippen molar-refractivity contribution in [2.24, 2.45) is 0 Å². The monoisotopic (exact) mass is 351 g/mol. The van der Waals surface area contributed by atoms with Crippen molar-refractivity contribution in [2.45, 2.75) is 45.4 Å². The van der Waals surface area contributed by atoms with Crippen LogP contribution in [0.1, 0.15) is 47.8 Å². The van der Waals surface area contributed by atoms with Gasteiger partial charge in [0, 0.05) is 43.7 Å². The number of amides is 1. The second-order valence-corrected chi connectivity index (χ2v) is 7.33. The minimum Gasteiger partial charge on any atom is -0.342 e. The van der Waals surface area contributed by atoms with Crippen LogP contribution in [0.4, 0.5) is 0 Å². The first-order valence-electron chi connectivity index (χ1n) is 9.33. The molecule has 2 aromatic heterocycles. The highest BCUT2D eigenvalue weighted by atomic mass is 16.2. The molecule has 0 aliphatic carbocycles. The van der Waals surface area contributed by atoms with E-state index < -0.39 is 0 Å². The van der Waals surface area contributed by atoms with E-state index in [1.807, 2.05) is 11.0 Å². The standard InChI is InChI=1S/C20H25N5O/c1-13-10-17-18(11-14(13)2)23-19(22-17)5-6-20(26)25-9-3-4-15(12-25)16-7-8-21-24-16/h7-8,10-11,15H,3-6,9,12H2,1-2H3,(H,21,24)(H,22,23)/t15-/m1/s1. The number of piperidine rings is 1. The molecule has 6 nitrogen and oxygen atoms in total. The Morgan fingerprint density at radius 2 is 2.15 bits per heavy atom. The Morgan fingerprint density at radius 3 is 2.96 bits per heavy atom. The predicted octanol–water partition coefficient (Wildman–Crippen LogP) is 3.24. The summed E-state index contributed by atoms with van der Waals surface area (Å²) in [4.78, 5) is 22.7. The van der Waals surface area contributed by atoms with Crippen molar-refractivity contribution in [3.63, 3.8) is 0 Å². The summed E-state index contributed by atoms with van der Waals surface area (Å²) >= 11 is 0. The molecule has 136 valence electrons. The molecule has 1 aliphatic rings. The first-order valence-corrected chi connectivity index (χ1v) is 9.33. The molecule has 1 fully saturated rings. The largest absolute Gasteiger partial charge is 0.342 e. The van der Waals surface area contributed by atoms with Crippen molar-refractivity contribution in [2.75, 3.05) is 13.1 Å². The van der Waals surface area contributed by atoms with Gasteiger partial charge in [-0.25, -0.2) is 4.98 Å². The Labute approximate surface area is 153 Å². The van der Waals surface area contributed by atoms with Gasteiger partial charge in [-0.15, -0.1) is 0 Å². The molecule has 1 atom stereocenters. The van der Waals surface area contributed by atoms with Crippen LogP contribution in [0.5, 0.6) is 0 Å². The summed E-state index contributed by atoms with van der Waals surface area (Å²) in [6, 6.07) is 6.24. The summed E-state index contributed by atoms with van der Waals surface area (Å²) in [6.07, 6.45) is 5.07. The topological polar surface area (TPSA) is 77.7 Å². The number of rotatable bonds is 4. The van der Waals surface area contributed by atoms with Crippen molar-refractivity contribution < 1.29 is 4.79 Å². The number of likely N-dealkylation sites (tertiary alicyclic amines) is 1. The van der Waals surface area contributed by atoms with Crippen LogP contribution in [-0.2, 0) is 11.2 Å². The Bertz CT molecular complexity index is 873. The molecule has 0 unspecified atom stereocenters. The van der Waals surface area contributed by atoms with Crippen LogP contribution in [-0.4, -0.2) is 44.1 Å². The summed E-state index contributed by atoms with van der Waals surface area (Å²) < 4.78 is 0. The first-order chi connectivity index (χ1) is 12.6. The van der Waals surface area contributed by atoms with E-state index in [9.17, 15) is 4.79 Å². The number of H-pyrrole nitrogens is 2. The molecule has 26 heavy (non-hydrogen) atoms. The van der Waals surface area contributed by atoms with Gasteiger partial charge in [0.05, 0.1) is 11.0 Å². The lowest BCUT2D eigenvalue weighted by Crippen LogP contribution is -2.39. The molecule has 0 bridgehead atoms. The first kappa shape index (κ1) is 16.8. The van der Waals surface area contributed by atoms with Gasteiger partial charge in [-0.1, -0.05) is 0 Å². The number of aryl methyl sites for hydroxylation is 3. The van der Waals surface area contributed by atoms with Crippen LogP contribution in [0.25, 0.3) is 11.0 Å². The molecule has 4 rings (SSSR count). The second-order valence-electron chi connectivity index (χ2n) is 7.33. The highest BCUT2D eigenvalue weighted by Crippen LogP contribution is 2.26. The fourth-order valence-electron chi connectivity index (χ4n) is 3.78. The van der Waals surface area contributed by atoms with E-state index >= 15 is 0 Å². The molecule has 0 spiro atoms. The highest BCUT2D eigenvalue weighted by molar-refractivity contribution is 5.78. The zero-order chi connectivity index (χ0) is 18.1. The molecule has 2 N–H and O–H groups in total. The van der Waals surface area contributed by atoms with Gasteiger partial charge in [0.25, 0.3) is 0 Å². The van der Waals surface area contributed by atoms with E-state index in [2.05, 4.69) is 46.1 Å². The number of carbonyl (C=O) groups is 1. The van der Waals surface area contributed by atoms with Gasteiger partial charge in [-0.3, -0.25) is 9.89 Å². The SMILES string of the molecule is Cc1cc2nc(CCC(=O)N3CCC[C@@H](c4ccn[nH]4)C3)[nH]c2cc1C. The zero-order valence-electron chi connectivity index (χ0n) is 15.4. The van der Waals surface area contributed by atoms with Gasteiger partial charge in [0.1, 0.15) is 5.82 Å². The molecule has 3 aromatic rings. The molecule has 1 aromatic carbocycles. The van der Waals surface area contributed by atoms with Crippen LogP contribution in [0.15, 0.2) is 24.4 Å². The lowest BCUT2D eigenvalue weighted by atomic mass is 9.94. The van der Waals surface area contributed by atoms with Crippen LogP contribution in [0.3, 0.4) is 0 Å². The number of fused-ring (bicyclic) bond motifs is 1. The predicted molar refractivity (Wildman–Crippen MR) is 101 cm³/mol. The number of aromatic nitrogens is 4. The summed E-state index contributed by atoms with van der Waals surface area (Å²) in [5.74, 6) is 1.47. The Morgan fingerprint density at radius 1 is 1.31 bits per heavy atom. The minimum atomic E-state index is 0.210. The summed E-state index contributed by atoms with van der Waals surface area (Å²) in [5, 5.41) is 7.08. The fourth-order valence-corrected chi connectivity index (χ4v) is 3.78. The minimum absolute atomic E-state index is 0.210. The van der Waals surface area contributed by atoms with Gasteiger partial charge in [-0.2, -0.15) is 5.10 Å². The highest BCUT2D eigenvalue weighted by Gasteiger charge is 2.25. The molecule has 1 amide bonds. The van der Waals surface area contributed by atoms with Gasteiger partial charge >= 0.3 is 0 Å². The fraction of sp³-hybridized carbons (Fsp3) is 0.450. The number of benzene rings is 1. The molecule has 1 saturated heterocycles. The Hall–Kier alpha value is -2.63. The summed E-state index contributed by atoms with van der Waals surface area (Å²) in [7, 11) is 0. The van der Waals surface area contributed by atoms with Gasteiger partial charge in [0.2, 0.25) is 5.91 Å². The average molecular weight is 351 g/mol. The molecule has 0 radical (unpaired) electrons. The van der Waals surface area contributed by atoms with Crippen molar-refractivity contribution >= 4 is 16.9 Å². The zero-order valence-corrected chi connectivity index (χ0v) is 15.4. The molecular formula is C20H25N5O. The van der Waals surface area contributed by atoms with E-state index in [1.165, 1.54) is 11.1 Å². The quantitative estimate of drug-likeness (QED) is 0.757. The summed E-state index contributed by atoms with van der Waals surface area (Å²) in [6.45, 7) is 5.83. The number of nitrogens with one attached hydrogen (secondary N) is 2. The third-order valence-corrected chi connectivity index (χ3v) is 5.46. The van der Waals surface area contributed by atoms with Crippen LogP contribution in [0.2, 0.25) is 0 Å². The van der Waals surface area contributed by atoms with E-state index in [4.69, 9.17) is 0 Å². The number of nitrogens with zero attached hydrogens (tertiary/aromatic N) is 3.